The van der Waals surface area contributed by atoms with Crippen LogP contribution >= 0.6 is 0 Å². The standard InChI is InChI=1S/C20H26O2/c1-3-19(21)17-15-13-11-9-7-5-6-8-10-12-14-16-18-20(22)4-2/h1-2,19-22H,5-14H2/t19-,20-/m0/s1. The fourth-order valence-corrected chi connectivity index (χ4v) is 1.91. The van der Waals surface area contributed by atoms with Gasteiger partial charge in [0.25, 0.3) is 0 Å². The lowest BCUT2D eigenvalue weighted by Crippen LogP contribution is -1.96. The van der Waals surface area contributed by atoms with Gasteiger partial charge in [-0.15, -0.1) is 12.8 Å². The molecule has 0 rings (SSSR count). The summed E-state index contributed by atoms with van der Waals surface area (Å²) in [7, 11) is 0. The molecule has 0 amide bonds. The van der Waals surface area contributed by atoms with Gasteiger partial charge in [0, 0.05) is 12.8 Å². The smallest absolute Gasteiger partial charge is 0.176 e. The van der Waals surface area contributed by atoms with E-state index < -0.39 is 12.2 Å². The summed E-state index contributed by atoms with van der Waals surface area (Å²) in [6, 6.07) is 0. The molecule has 22 heavy (non-hydrogen) atoms. The molecule has 0 radical (unpaired) electrons. The third-order valence-electron chi connectivity index (χ3n) is 3.15. The molecule has 0 bridgehead atoms. The van der Waals surface area contributed by atoms with E-state index in [0.29, 0.717) is 0 Å². The van der Waals surface area contributed by atoms with Gasteiger partial charge < -0.3 is 10.2 Å². The number of terminal acetylenes is 2. The van der Waals surface area contributed by atoms with E-state index in [-0.39, 0.29) is 0 Å². The summed E-state index contributed by atoms with van der Waals surface area (Å²) >= 11 is 0. The molecule has 0 heterocycles. The van der Waals surface area contributed by atoms with Crippen molar-refractivity contribution in [1.82, 2.24) is 0 Å². The monoisotopic (exact) mass is 298 g/mol. The van der Waals surface area contributed by atoms with E-state index in [1.54, 1.807) is 0 Å². The highest BCUT2D eigenvalue weighted by molar-refractivity contribution is 5.16. The molecule has 118 valence electrons. The zero-order valence-electron chi connectivity index (χ0n) is 13.3. The van der Waals surface area contributed by atoms with E-state index >= 15 is 0 Å². The fraction of sp³-hybridized carbons (Fsp3) is 0.600. The lowest BCUT2D eigenvalue weighted by molar-refractivity contribution is 0.289. The Bertz CT molecular complexity index is 424. The van der Waals surface area contributed by atoms with E-state index in [1.165, 1.54) is 38.5 Å². The number of hydrogen-bond donors (Lipinski definition) is 2. The van der Waals surface area contributed by atoms with Gasteiger partial charge in [-0.2, -0.15) is 0 Å². The van der Waals surface area contributed by atoms with Gasteiger partial charge in [0.05, 0.1) is 0 Å². The number of hydrogen-bond acceptors (Lipinski definition) is 2. The molecule has 0 aromatic heterocycles. The number of rotatable bonds is 9. The zero-order valence-corrected chi connectivity index (χ0v) is 13.3. The van der Waals surface area contributed by atoms with Crippen molar-refractivity contribution < 1.29 is 10.2 Å². The molecular formula is C20H26O2. The molecule has 2 heteroatoms. The molecule has 0 unspecified atom stereocenters. The van der Waals surface area contributed by atoms with Crippen molar-refractivity contribution in [2.24, 2.45) is 0 Å². The second-order valence-corrected chi connectivity index (χ2v) is 5.11. The lowest BCUT2D eigenvalue weighted by Gasteiger charge is -2.00. The first-order valence-corrected chi connectivity index (χ1v) is 7.96. The summed E-state index contributed by atoms with van der Waals surface area (Å²) in [4.78, 5) is 0. The Labute approximate surface area is 135 Å². The topological polar surface area (TPSA) is 40.5 Å². The lowest BCUT2D eigenvalue weighted by atomic mass is 10.1. The van der Waals surface area contributed by atoms with Crippen LogP contribution in [0, 0.1) is 48.4 Å². The van der Waals surface area contributed by atoms with Crippen LogP contribution in [0.4, 0.5) is 0 Å². The average Bonchev–Trinajstić information content (AvgIpc) is 2.54. The highest BCUT2D eigenvalue weighted by Crippen LogP contribution is 2.10. The van der Waals surface area contributed by atoms with Crippen LogP contribution in [0.2, 0.25) is 0 Å². The summed E-state index contributed by atoms with van der Waals surface area (Å²) in [5, 5.41) is 18.1. The van der Waals surface area contributed by atoms with Crippen molar-refractivity contribution in [1.29, 1.82) is 0 Å². The molecule has 0 aromatic rings. The second-order valence-electron chi connectivity index (χ2n) is 5.11. The van der Waals surface area contributed by atoms with E-state index in [0.717, 1.165) is 25.7 Å². The van der Waals surface area contributed by atoms with E-state index in [1.807, 2.05) is 0 Å². The highest BCUT2D eigenvalue weighted by Gasteiger charge is 1.92. The summed E-state index contributed by atoms with van der Waals surface area (Å²) in [6.45, 7) is 0. The van der Waals surface area contributed by atoms with Crippen LogP contribution < -0.4 is 0 Å². The fourth-order valence-electron chi connectivity index (χ4n) is 1.91. The molecule has 0 aromatic carbocycles. The second kappa shape index (κ2) is 15.5. The van der Waals surface area contributed by atoms with Crippen LogP contribution in [0.3, 0.4) is 0 Å². The van der Waals surface area contributed by atoms with E-state index in [2.05, 4.69) is 35.5 Å². The van der Waals surface area contributed by atoms with Crippen LogP contribution in [0.15, 0.2) is 0 Å². The molecular weight excluding hydrogens is 272 g/mol. The van der Waals surface area contributed by atoms with E-state index in [9.17, 15) is 0 Å². The molecule has 2 N–H and O–H groups in total. The van der Waals surface area contributed by atoms with Crippen molar-refractivity contribution in [3.8, 4) is 48.4 Å². The van der Waals surface area contributed by atoms with Gasteiger partial charge in [-0.1, -0.05) is 74.0 Å². The Morgan fingerprint density at radius 3 is 1.23 bits per heavy atom. The molecule has 2 nitrogen and oxygen atoms in total. The number of aliphatic hydroxyl groups is 2. The summed E-state index contributed by atoms with van der Waals surface area (Å²) in [5.41, 5.74) is 0. The molecule has 0 aliphatic rings. The van der Waals surface area contributed by atoms with Crippen molar-refractivity contribution >= 4 is 0 Å². The molecule has 0 spiro atoms. The Balaban J connectivity index is 3.27. The van der Waals surface area contributed by atoms with Crippen molar-refractivity contribution in [3.63, 3.8) is 0 Å². The highest BCUT2D eigenvalue weighted by atomic mass is 16.3. The largest absolute Gasteiger partial charge is 0.369 e. The molecule has 2 atom stereocenters. The number of aliphatic hydroxyl groups excluding tert-OH is 2. The minimum Gasteiger partial charge on any atom is -0.369 e. The first-order valence-electron chi connectivity index (χ1n) is 7.96. The average molecular weight is 298 g/mol. The Kier molecular flexibility index (Phi) is 14.2. The summed E-state index contributed by atoms with van der Waals surface area (Å²) in [6.07, 6.45) is 19.2. The maximum atomic E-state index is 9.04. The minimum atomic E-state index is -0.917. The predicted octanol–water partition coefficient (Wildman–Crippen LogP) is 2.88. The Hall–Kier alpha value is -1.84. The van der Waals surface area contributed by atoms with Gasteiger partial charge in [-0.3, -0.25) is 0 Å². The van der Waals surface area contributed by atoms with Crippen LogP contribution in [-0.2, 0) is 0 Å². The quantitative estimate of drug-likeness (QED) is 0.507. The summed E-state index contributed by atoms with van der Waals surface area (Å²) in [5.74, 6) is 15.3. The molecule has 0 fully saturated rings. The third kappa shape index (κ3) is 14.6. The third-order valence-corrected chi connectivity index (χ3v) is 3.15. The van der Waals surface area contributed by atoms with Crippen molar-refractivity contribution in [3.05, 3.63) is 0 Å². The molecule has 0 aliphatic carbocycles. The van der Waals surface area contributed by atoms with E-state index in [4.69, 9.17) is 23.1 Å². The normalized spacial score (nSPS) is 11.8. The van der Waals surface area contributed by atoms with Crippen LogP contribution in [0.25, 0.3) is 0 Å². The SMILES string of the molecule is C#C[C@H](O)C#CCCCCCCCCCCC#C[C@@H](O)C#C. The van der Waals surface area contributed by atoms with Gasteiger partial charge >= 0.3 is 0 Å². The number of unbranched alkanes of at least 4 members (excludes halogenated alkanes) is 9. The maximum Gasteiger partial charge on any atom is 0.176 e. The summed E-state index contributed by atoms with van der Waals surface area (Å²) < 4.78 is 0. The van der Waals surface area contributed by atoms with Crippen LogP contribution in [0.1, 0.15) is 64.2 Å². The van der Waals surface area contributed by atoms with Crippen LogP contribution in [0.5, 0.6) is 0 Å². The van der Waals surface area contributed by atoms with Crippen LogP contribution in [-0.4, -0.2) is 22.4 Å². The first kappa shape index (κ1) is 20.2. The van der Waals surface area contributed by atoms with Gasteiger partial charge in [0.1, 0.15) is 0 Å². The van der Waals surface area contributed by atoms with Gasteiger partial charge in [-0.25, -0.2) is 0 Å². The first-order chi connectivity index (χ1) is 10.7. The minimum absolute atomic E-state index is 0.806. The van der Waals surface area contributed by atoms with Gasteiger partial charge in [0.15, 0.2) is 12.2 Å². The van der Waals surface area contributed by atoms with Gasteiger partial charge in [0.2, 0.25) is 0 Å². The van der Waals surface area contributed by atoms with Gasteiger partial charge in [-0.05, 0) is 12.8 Å². The zero-order chi connectivity index (χ0) is 16.5. The molecule has 0 saturated carbocycles. The van der Waals surface area contributed by atoms with Crippen molar-refractivity contribution in [2.75, 3.05) is 0 Å². The molecule has 0 aliphatic heterocycles. The molecule has 0 saturated heterocycles. The van der Waals surface area contributed by atoms with Crippen molar-refractivity contribution in [2.45, 2.75) is 76.4 Å². The predicted molar refractivity (Wildman–Crippen MR) is 91.4 cm³/mol. The Morgan fingerprint density at radius 1 is 0.591 bits per heavy atom. The Morgan fingerprint density at radius 2 is 0.909 bits per heavy atom. The maximum absolute atomic E-state index is 9.04.